The molecule has 2 N–H and O–H groups in total. The summed E-state index contributed by atoms with van der Waals surface area (Å²) in [6, 6.07) is 24.2. The van der Waals surface area contributed by atoms with Crippen molar-refractivity contribution in [3.8, 4) is 22.6 Å². The molecule has 1 aromatic heterocycles. The van der Waals surface area contributed by atoms with Crippen molar-refractivity contribution in [3.63, 3.8) is 0 Å². The van der Waals surface area contributed by atoms with Crippen molar-refractivity contribution in [3.05, 3.63) is 114 Å². The Hall–Kier alpha value is -4.10. The van der Waals surface area contributed by atoms with Crippen LogP contribution < -0.4 is 10.1 Å². The molecule has 7 heteroatoms. The summed E-state index contributed by atoms with van der Waals surface area (Å²) in [4.78, 5) is 29.4. The fourth-order valence-corrected chi connectivity index (χ4v) is 4.84. The molecule has 0 aliphatic rings. The van der Waals surface area contributed by atoms with E-state index in [1.807, 2.05) is 92.2 Å². The number of thioether (sulfide) groups is 1. The van der Waals surface area contributed by atoms with Gasteiger partial charge in [-0.05, 0) is 84.7 Å². The fourth-order valence-electron chi connectivity index (χ4n) is 4.37. The Morgan fingerprint density at radius 3 is 2.49 bits per heavy atom. The molecule has 0 fully saturated rings. The van der Waals surface area contributed by atoms with Crippen molar-refractivity contribution in [2.45, 2.75) is 32.2 Å². The molecule has 0 radical (unpaired) electrons. The second-order valence-corrected chi connectivity index (χ2v) is 10.2. The molecule has 39 heavy (non-hydrogen) atoms. The van der Waals surface area contributed by atoms with Gasteiger partial charge in [-0.2, -0.15) is 11.8 Å². The van der Waals surface area contributed by atoms with Crippen LogP contribution in [0.15, 0.2) is 91.3 Å². The Morgan fingerprint density at radius 2 is 1.74 bits per heavy atom. The maximum atomic E-state index is 13.3. The van der Waals surface area contributed by atoms with Gasteiger partial charge in [-0.3, -0.25) is 9.78 Å². The van der Waals surface area contributed by atoms with Crippen molar-refractivity contribution in [1.29, 1.82) is 0 Å². The number of carboxylic acids is 1. The molecule has 0 saturated heterocycles. The number of carbonyl (C=O) groups excluding carboxylic acids is 1. The molecule has 200 valence electrons. The van der Waals surface area contributed by atoms with Crippen LogP contribution in [0.3, 0.4) is 0 Å². The number of pyridine rings is 1. The highest BCUT2D eigenvalue weighted by atomic mass is 32.2. The van der Waals surface area contributed by atoms with E-state index in [1.165, 1.54) is 0 Å². The van der Waals surface area contributed by atoms with Crippen molar-refractivity contribution < 1.29 is 19.4 Å². The first-order chi connectivity index (χ1) is 19.0. The van der Waals surface area contributed by atoms with Gasteiger partial charge in [-0.25, -0.2) is 4.79 Å². The van der Waals surface area contributed by atoms with Crippen LogP contribution in [0.4, 0.5) is 0 Å². The maximum absolute atomic E-state index is 13.3. The van der Waals surface area contributed by atoms with Crippen LogP contribution in [0.25, 0.3) is 11.1 Å². The first-order valence-electron chi connectivity index (χ1n) is 12.8. The second-order valence-electron chi connectivity index (χ2n) is 9.24. The molecule has 0 bridgehead atoms. The van der Waals surface area contributed by atoms with Gasteiger partial charge >= 0.3 is 5.97 Å². The lowest BCUT2D eigenvalue weighted by Crippen LogP contribution is -2.41. The monoisotopic (exact) mass is 540 g/mol. The van der Waals surface area contributed by atoms with Gasteiger partial charge in [-0.1, -0.05) is 54.6 Å². The van der Waals surface area contributed by atoms with Crippen LogP contribution in [-0.4, -0.2) is 40.0 Å². The molecule has 0 unspecified atom stereocenters. The third kappa shape index (κ3) is 7.48. The predicted octanol–water partition coefficient (Wildman–Crippen LogP) is 6.57. The average molecular weight is 541 g/mol. The standard InChI is InChI=1S/C32H32N2O4S/c1-22-8-6-7-11-26(22)28-20-23(13-15-27(28)31(35)34-29(32(36)37)17-19-39-2)12-14-24-21-33-18-16-30(24)38-25-9-4-3-5-10-25/h3-11,13,15-16,18,20-21,29H,12,14,17,19H2,1-2H3,(H,34,35)(H,36,37)/t29-/m0/s1. The SMILES string of the molecule is CSCC[C@H](NC(=O)c1ccc(CCc2cnccc2Oc2ccccc2)cc1-c1ccccc1C)C(=O)O. The largest absolute Gasteiger partial charge is 0.480 e. The van der Waals surface area contributed by atoms with Crippen LogP contribution in [0.5, 0.6) is 11.5 Å². The number of hydrogen-bond donors (Lipinski definition) is 2. The Morgan fingerprint density at radius 1 is 0.974 bits per heavy atom. The summed E-state index contributed by atoms with van der Waals surface area (Å²) < 4.78 is 6.10. The van der Waals surface area contributed by atoms with Gasteiger partial charge in [-0.15, -0.1) is 0 Å². The third-order valence-corrected chi connectivity index (χ3v) is 7.13. The number of rotatable bonds is 12. The lowest BCUT2D eigenvalue weighted by atomic mass is 9.92. The van der Waals surface area contributed by atoms with Gasteiger partial charge in [0, 0.05) is 23.5 Å². The minimum absolute atomic E-state index is 0.360. The lowest BCUT2D eigenvalue weighted by Gasteiger charge is -2.18. The zero-order valence-electron chi connectivity index (χ0n) is 22.1. The number of carbonyl (C=O) groups is 2. The number of amides is 1. The molecule has 4 aromatic rings. The third-order valence-electron chi connectivity index (χ3n) is 6.49. The number of nitrogens with zero attached hydrogens (tertiary/aromatic N) is 1. The molecule has 0 spiro atoms. The van der Waals surface area contributed by atoms with Gasteiger partial charge < -0.3 is 15.2 Å². The lowest BCUT2D eigenvalue weighted by molar-refractivity contribution is -0.139. The van der Waals surface area contributed by atoms with E-state index in [-0.39, 0.29) is 5.91 Å². The van der Waals surface area contributed by atoms with Crippen LogP contribution in [0.1, 0.15) is 33.5 Å². The van der Waals surface area contributed by atoms with Crippen LogP contribution >= 0.6 is 11.8 Å². The first kappa shape index (κ1) is 27.9. The van der Waals surface area contributed by atoms with Crippen molar-refractivity contribution in [1.82, 2.24) is 10.3 Å². The normalized spacial score (nSPS) is 11.5. The number of aromatic nitrogens is 1. The number of aliphatic carboxylic acids is 1. The maximum Gasteiger partial charge on any atom is 0.326 e. The topological polar surface area (TPSA) is 88.5 Å². The molecule has 0 aliphatic carbocycles. The van der Waals surface area contributed by atoms with E-state index in [0.717, 1.165) is 39.3 Å². The highest BCUT2D eigenvalue weighted by Crippen LogP contribution is 2.30. The minimum Gasteiger partial charge on any atom is -0.480 e. The number of hydrogen-bond acceptors (Lipinski definition) is 5. The summed E-state index contributed by atoms with van der Waals surface area (Å²) in [6.07, 6.45) is 7.22. The minimum atomic E-state index is -1.03. The smallest absolute Gasteiger partial charge is 0.326 e. The number of para-hydroxylation sites is 1. The number of carboxylic acid groups (broad SMARTS) is 1. The average Bonchev–Trinajstić information content (AvgIpc) is 2.95. The quantitative estimate of drug-likeness (QED) is 0.211. The Balaban J connectivity index is 1.60. The van der Waals surface area contributed by atoms with E-state index in [4.69, 9.17) is 4.74 Å². The highest BCUT2D eigenvalue weighted by molar-refractivity contribution is 7.98. The van der Waals surface area contributed by atoms with Crippen LogP contribution in [0, 0.1) is 6.92 Å². The molecular formula is C32H32N2O4S. The summed E-state index contributed by atoms with van der Waals surface area (Å²) in [7, 11) is 0. The molecule has 1 amide bonds. The molecular weight excluding hydrogens is 508 g/mol. The Kier molecular flexibility index (Phi) is 9.75. The summed E-state index contributed by atoms with van der Waals surface area (Å²) >= 11 is 1.55. The van der Waals surface area contributed by atoms with Crippen molar-refractivity contribution >= 4 is 23.6 Å². The molecule has 1 heterocycles. The molecule has 6 nitrogen and oxygen atoms in total. The summed E-state index contributed by atoms with van der Waals surface area (Å²) in [5.74, 6) is 0.747. The van der Waals surface area contributed by atoms with E-state index < -0.39 is 12.0 Å². The van der Waals surface area contributed by atoms with E-state index in [0.29, 0.717) is 30.6 Å². The summed E-state index contributed by atoms with van der Waals surface area (Å²) in [5.41, 5.74) is 5.25. The van der Waals surface area contributed by atoms with E-state index in [1.54, 1.807) is 24.0 Å². The Bertz CT molecular complexity index is 1420. The first-order valence-corrected chi connectivity index (χ1v) is 14.2. The Labute approximate surface area is 233 Å². The number of aryl methyl sites for hydroxylation is 3. The van der Waals surface area contributed by atoms with Gasteiger partial charge in [0.15, 0.2) is 0 Å². The zero-order valence-corrected chi connectivity index (χ0v) is 22.9. The zero-order chi connectivity index (χ0) is 27.6. The van der Waals surface area contributed by atoms with E-state index in [2.05, 4.69) is 10.3 Å². The van der Waals surface area contributed by atoms with Gasteiger partial charge in [0.05, 0.1) is 0 Å². The van der Waals surface area contributed by atoms with Crippen molar-refractivity contribution in [2.75, 3.05) is 12.0 Å². The fraction of sp³-hybridized carbons (Fsp3) is 0.219. The van der Waals surface area contributed by atoms with Crippen LogP contribution in [0.2, 0.25) is 0 Å². The predicted molar refractivity (Wildman–Crippen MR) is 157 cm³/mol. The van der Waals surface area contributed by atoms with Gasteiger partial charge in [0.2, 0.25) is 0 Å². The number of benzene rings is 3. The summed E-state index contributed by atoms with van der Waals surface area (Å²) in [6.45, 7) is 2.01. The summed E-state index contributed by atoms with van der Waals surface area (Å²) in [5, 5.41) is 12.4. The number of ether oxygens (including phenoxy) is 1. The van der Waals surface area contributed by atoms with E-state index >= 15 is 0 Å². The second kappa shape index (κ2) is 13.6. The van der Waals surface area contributed by atoms with E-state index in [9.17, 15) is 14.7 Å². The van der Waals surface area contributed by atoms with Crippen molar-refractivity contribution in [2.24, 2.45) is 0 Å². The van der Waals surface area contributed by atoms with Gasteiger partial charge in [0.1, 0.15) is 17.5 Å². The molecule has 1 atom stereocenters. The molecule has 0 saturated carbocycles. The molecule has 4 rings (SSSR count). The highest BCUT2D eigenvalue weighted by Gasteiger charge is 2.23. The molecule has 0 aliphatic heterocycles. The van der Waals surface area contributed by atoms with Gasteiger partial charge in [0.25, 0.3) is 5.91 Å². The number of nitrogens with one attached hydrogen (secondary N) is 1. The molecule has 3 aromatic carbocycles. The van der Waals surface area contributed by atoms with Crippen LogP contribution in [-0.2, 0) is 17.6 Å².